The molecule has 2 nitrogen and oxygen atoms in total. The van der Waals surface area contributed by atoms with Crippen LogP contribution in [0.5, 0.6) is 5.75 Å². The van der Waals surface area contributed by atoms with Crippen molar-refractivity contribution in [2.24, 2.45) is 5.92 Å². The molecule has 2 aromatic rings. The summed E-state index contributed by atoms with van der Waals surface area (Å²) in [6.07, 6.45) is 0.0834. The van der Waals surface area contributed by atoms with E-state index in [0.717, 1.165) is 5.75 Å². The van der Waals surface area contributed by atoms with Gasteiger partial charge in [0.25, 0.3) is 0 Å². The average Bonchev–Trinajstić information content (AvgIpc) is 2.50. The zero-order valence-corrected chi connectivity index (χ0v) is 13.3. The minimum atomic E-state index is 0.0834. The van der Waals surface area contributed by atoms with Crippen LogP contribution in [0.15, 0.2) is 54.6 Å². The van der Waals surface area contributed by atoms with Gasteiger partial charge in [-0.05, 0) is 37.6 Å². The number of aryl methyl sites for hydroxylation is 1. The molecule has 0 aromatic heterocycles. The minimum absolute atomic E-state index is 0.0834. The Hall–Kier alpha value is -1.80. The van der Waals surface area contributed by atoms with Crippen molar-refractivity contribution < 1.29 is 4.74 Å². The van der Waals surface area contributed by atoms with Crippen LogP contribution >= 0.6 is 0 Å². The van der Waals surface area contributed by atoms with Gasteiger partial charge in [0.1, 0.15) is 11.9 Å². The lowest BCUT2D eigenvalue weighted by Gasteiger charge is -2.31. The van der Waals surface area contributed by atoms with Crippen molar-refractivity contribution in [2.75, 3.05) is 7.05 Å². The molecule has 2 unspecified atom stereocenters. The number of benzene rings is 2. The zero-order valence-electron chi connectivity index (χ0n) is 13.3. The smallest absolute Gasteiger partial charge is 0.120 e. The van der Waals surface area contributed by atoms with Crippen molar-refractivity contribution in [3.8, 4) is 5.75 Å². The number of hydrogen-bond donors (Lipinski definition) is 1. The Kier molecular flexibility index (Phi) is 5.40. The van der Waals surface area contributed by atoms with Gasteiger partial charge in [-0.15, -0.1) is 0 Å². The standard InChI is InChI=1S/C19H25NO/c1-14(2)19(21-17-12-10-15(3)11-13-17)18(20-4)16-8-6-5-7-9-16/h5-14,18-20H,1-4H3. The number of nitrogens with one attached hydrogen (secondary N) is 1. The molecular formula is C19H25NO. The fraction of sp³-hybridized carbons (Fsp3) is 0.368. The van der Waals surface area contributed by atoms with Gasteiger partial charge >= 0.3 is 0 Å². The second-order valence-corrected chi connectivity index (χ2v) is 5.82. The highest BCUT2D eigenvalue weighted by molar-refractivity contribution is 5.27. The van der Waals surface area contributed by atoms with Gasteiger partial charge in [0.2, 0.25) is 0 Å². The van der Waals surface area contributed by atoms with Gasteiger partial charge in [0.05, 0.1) is 6.04 Å². The monoisotopic (exact) mass is 283 g/mol. The molecule has 2 heteroatoms. The summed E-state index contributed by atoms with van der Waals surface area (Å²) in [6, 6.07) is 18.9. The van der Waals surface area contributed by atoms with Crippen LogP contribution in [-0.2, 0) is 0 Å². The van der Waals surface area contributed by atoms with Crippen LogP contribution in [0, 0.1) is 12.8 Å². The maximum absolute atomic E-state index is 6.28. The van der Waals surface area contributed by atoms with Crippen molar-refractivity contribution in [1.82, 2.24) is 5.32 Å². The van der Waals surface area contributed by atoms with E-state index in [1.54, 1.807) is 0 Å². The molecule has 0 heterocycles. The van der Waals surface area contributed by atoms with Gasteiger partial charge in [-0.1, -0.05) is 61.9 Å². The topological polar surface area (TPSA) is 21.3 Å². The van der Waals surface area contributed by atoms with Crippen LogP contribution in [0.4, 0.5) is 0 Å². The number of hydrogen-bond acceptors (Lipinski definition) is 2. The SMILES string of the molecule is CNC(c1ccccc1)C(Oc1ccc(C)cc1)C(C)C. The summed E-state index contributed by atoms with van der Waals surface area (Å²) < 4.78 is 6.28. The quantitative estimate of drug-likeness (QED) is 0.850. The third-order valence-electron chi connectivity index (χ3n) is 3.75. The zero-order chi connectivity index (χ0) is 15.2. The lowest BCUT2D eigenvalue weighted by molar-refractivity contribution is 0.111. The fourth-order valence-corrected chi connectivity index (χ4v) is 2.54. The molecule has 0 bridgehead atoms. The van der Waals surface area contributed by atoms with Crippen LogP contribution in [0.2, 0.25) is 0 Å². The van der Waals surface area contributed by atoms with Gasteiger partial charge in [-0.25, -0.2) is 0 Å². The van der Waals surface area contributed by atoms with Crippen LogP contribution < -0.4 is 10.1 Å². The Balaban J connectivity index is 2.22. The van der Waals surface area contributed by atoms with Crippen molar-refractivity contribution in [3.63, 3.8) is 0 Å². The molecule has 0 radical (unpaired) electrons. The van der Waals surface area contributed by atoms with Crippen molar-refractivity contribution in [1.29, 1.82) is 0 Å². The Bertz CT molecular complexity index is 533. The van der Waals surface area contributed by atoms with Crippen LogP contribution in [0.25, 0.3) is 0 Å². The first-order valence-electron chi connectivity index (χ1n) is 7.57. The van der Waals surface area contributed by atoms with E-state index in [-0.39, 0.29) is 12.1 Å². The van der Waals surface area contributed by atoms with Gasteiger partial charge in [0.15, 0.2) is 0 Å². The van der Waals surface area contributed by atoms with E-state index < -0.39 is 0 Å². The molecule has 0 saturated heterocycles. The van der Waals surface area contributed by atoms with Crippen LogP contribution in [0.1, 0.15) is 31.0 Å². The Morgan fingerprint density at radius 1 is 0.905 bits per heavy atom. The molecule has 21 heavy (non-hydrogen) atoms. The number of ether oxygens (including phenoxy) is 1. The average molecular weight is 283 g/mol. The number of rotatable bonds is 6. The van der Waals surface area contributed by atoms with Crippen LogP contribution in [0.3, 0.4) is 0 Å². The molecule has 0 aliphatic rings. The van der Waals surface area contributed by atoms with E-state index in [9.17, 15) is 0 Å². The van der Waals surface area contributed by atoms with Crippen LogP contribution in [-0.4, -0.2) is 13.2 Å². The second-order valence-electron chi connectivity index (χ2n) is 5.82. The van der Waals surface area contributed by atoms with Gasteiger partial charge in [-0.2, -0.15) is 0 Å². The fourth-order valence-electron chi connectivity index (χ4n) is 2.54. The summed E-state index contributed by atoms with van der Waals surface area (Å²) in [7, 11) is 1.99. The molecule has 0 aliphatic carbocycles. The molecule has 112 valence electrons. The Morgan fingerprint density at radius 3 is 2.05 bits per heavy atom. The predicted octanol–water partition coefficient (Wildman–Crippen LogP) is 4.36. The molecule has 2 atom stereocenters. The summed E-state index contributed by atoms with van der Waals surface area (Å²) in [5, 5.41) is 3.41. The molecule has 1 N–H and O–H groups in total. The van der Waals surface area contributed by atoms with Gasteiger partial charge < -0.3 is 10.1 Å². The summed E-state index contributed by atoms with van der Waals surface area (Å²) in [6.45, 7) is 6.49. The van der Waals surface area contributed by atoms with Gasteiger partial charge in [-0.3, -0.25) is 0 Å². The van der Waals surface area contributed by atoms with E-state index in [1.165, 1.54) is 11.1 Å². The largest absolute Gasteiger partial charge is 0.488 e. The molecule has 2 aromatic carbocycles. The van der Waals surface area contributed by atoms with E-state index in [0.29, 0.717) is 5.92 Å². The molecule has 0 spiro atoms. The summed E-state index contributed by atoms with van der Waals surface area (Å²) in [4.78, 5) is 0. The lowest BCUT2D eigenvalue weighted by Crippen LogP contribution is -2.37. The number of likely N-dealkylation sites (N-methyl/N-ethyl adjacent to an activating group) is 1. The summed E-state index contributed by atoms with van der Waals surface area (Å²) in [5.41, 5.74) is 2.50. The normalized spacial score (nSPS) is 14.0. The third kappa shape index (κ3) is 4.08. The lowest BCUT2D eigenvalue weighted by atomic mass is 9.93. The van der Waals surface area contributed by atoms with E-state index in [1.807, 2.05) is 25.2 Å². The first-order valence-corrected chi connectivity index (χ1v) is 7.57. The van der Waals surface area contributed by atoms with Gasteiger partial charge in [0, 0.05) is 0 Å². The second kappa shape index (κ2) is 7.28. The summed E-state index contributed by atoms with van der Waals surface area (Å²) >= 11 is 0. The van der Waals surface area contributed by atoms with E-state index in [2.05, 4.69) is 62.5 Å². The highest BCUT2D eigenvalue weighted by Crippen LogP contribution is 2.26. The maximum Gasteiger partial charge on any atom is 0.120 e. The van der Waals surface area contributed by atoms with Crippen molar-refractivity contribution in [3.05, 3.63) is 65.7 Å². The molecule has 0 aliphatic heterocycles. The summed E-state index contributed by atoms with van der Waals surface area (Å²) in [5.74, 6) is 1.33. The van der Waals surface area contributed by atoms with Crippen molar-refractivity contribution >= 4 is 0 Å². The highest BCUT2D eigenvalue weighted by Gasteiger charge is 2.26. The first-order chi connectivity index (χ1) is 10.1. The molecular weight excluding hydrogens is 258 g/mol. The molecule has 2 rings (SSSR count). The molecule has 0 amide bonds. The Labute approximate surface area is 128 Å². The minimum Gasteiger partial charge on any atom is -0.488 e. The first kappa shape index (κ1) is 15.6. The van der Waals surface area contributed by atoms with Crippen molar-refractivity contribution in [2.45, 2.75) is 32.9 Å². The van der Waals surface area contributed by atoms with E-state index >= 15 is 0 Å². The Morgan fingerprint density at radius 2 is 1.52 bits per heavy atom. The highest BCUT2D eigenvalue weighted by atomic mass is 16.5. The molecule has 0 saturated carbocycles. The maximum atomic E-state index is 6.28. The third-order valence-corrected chi connectivity index (χ3v) is 3.75. The predicted molar refractivity (Wildman–Crippen MR) is 88.7 cm³/mol. The van der Waals surface area contributed by atoms with E-state index in [4.69, 9.17) is 4.74 Å². The molecule has 0 fully saturated rings.